The minimum atomic E-state index is 0.716. The first-order valence-corrected chi connectivity index (χ1v) is 9.22. The molecule has 1 aliphatic heterocycles. The number of pyridine rings is 1. The summed E-state index contributed by atoms with van der Waals surface area (Å²) in [4.78, 5) is 11.6. The Labute approximate surface area is 156 Å². The Hall–Kier alpha value is -2.30. The summed E-state index contributed by atoms with van der Waals surface area (Å²) in [5, 5.41) is 2.70. The van der Waals surface area contributed by atoms with E-state index in [1.807, 2.05) is 42.6 Å². The fourth-order valence-electron chi connectivity index (χ4n) is 2.71. The zero-order valence-electron chi connectivity index (χ0n) is 13.5. The summed E-state index contributed by atoms with van der Waals surface area (Å²) in [6.07, 6.45) is 1.83. The van der Waals surface area contributed by atoms with E-state index < -0.39 is 0 Å². The zero-order valence-corrected chi connectivity index (χ0v) is 15.0. The Bertz CT molecular complexity index is 894. The molecule has 2 heterocycles. The summed E-state index contributed by atoms with van der Waals surface area (Å²) < 4.78 is 0. The summed E-state index contributed by atoms with van der Waals surface area (Å²) in [5.41, 5.74) is 3.39. The molecule has 0 atom stereocenters. The highest BCUT2D eigenvalue weighted by Crippen LogP contribution is 2.33. The smallest absolute Gasteiger partial charge is 0.171 e. The topological polar surface area (TPSA) is 28.5 Å². The van der Waals surface area contributed by atoms with Gasteiger partial charge in [-0.05, 0) is 47.7 Å². The number of fused-ring (bicyclic) bond motifs is 1. The molecule has 3 nitrogen and oxygen atoms in total. The number of halogens is 1. The van der Waals surface area contributed by atoms with Gasteiger partial charge in [0.2, 0.25) is 0 Å². The van der Waals surface area contributed by atoms with Crippen LogP contribution in [0.3, 0.4) is 0 Å². The van der Waals surface area contributed by atoms with Crippen molar-refractivity contribution in [2.24, 2.45) is 4.99 Å². The lowest BCUT2D eigenvalue weighted by Gasteiger charge is -2.30. The lowest BCUT2D eigenvalue weighted by atomic mass is 10.2. The normalized spacial score (nSPS) is 15.2. The van der Waals surface area contributed by atoms with E-state index >= 15 is 0 Å². The van der Waals surface area contributed by atoms with Crippen LogP contribution in [0.2, 0.25) is 5.02 Å². The third kappa shape index (κ3) is 3.86. The molecule has 0 bridgehead atoms. The molecule has 0 spiro atoms. The molecule has 4 rings (SSSR count). The molecule has 1 aromatic heterocycles. The predicted molar refractivity (Wildman–Crippen MR) is 104 cm³/mol. The van der Waals surface area contributed by atoms with Crippen molar-refractivity contribution < 1.29 is 0 Å². The van der Waals surface area contributed by atoms with E-state index in [-0.39, 0.29) is 0 Å². The van der Waals surface area contributed by atoms with Gasteiger partial charge in [-0.2, -0.15) is 0 Å². The Morgan fingerprint density at radius 2 is 1.80 bits per heavy atom. The molecule has 0 aliphatic carbocycles. The lowest BCUT2D eigenvalue weighted by molar-refractivity contribution is 0.406. The molecule has 0 radical (unpaired) electrons. The van der Waals surface area contributed by atoms with Crippen LogP contribution in [0.1, 0.15) is 11.1 Å². The molecular formula is C20H16ClN3S. The van der Waals surface area contributed by atoms with Gasteiger partial charge in [-0.15, -0.1) is 0 Å². The second-order valence-corrected chi connectivity index (χ2v) is 7.17. The SMILES string of the molecule is Clc1ccc(N=C2Sc3ncccc3CN2Cc2ccccc2)cc1. The maximum Gasteiger partial charge on any atom is 0.171 e. The highest BCUT2D eigenvalue weighted by atomic mass is 35.5. The van der Waals surface area contributed by atoms with Gasteiger partial charge in [-0.3, -0.25) is 0 Å². The molecule has 25 heavy (non-hydrogen) atoms. The number of rotatable bonds is 3. The molecule has 0 saturated heterocycles. The van der Waals surface area contributed by atoms with Crippen molar-refractivity contribution in [2.45, 2.75) is 18.1 Å². The highest BCUT2D eigenvalue weighted by Gasteiger charge is 2.23. The molecule has 0 fully saturated rings. The summed E-state index contributed by atoms with van der Waals surface area (Å²) >= 11 is 7.60. The van der Waals surface area contributed by atoms with Gasteiger partial charge in [0.25, 0.3) is 0 Å². The van der Waals surface area contributed by atoms with Gasteiger partial charge in [-0.25, -0.2) is 9.98 Å². The molecule has 0 N–H and O–H groups in total. The maximum atomic E-state index is 5.98. The van der Waals surface area contributed by atoms with E-state index in [0.717, 1.165) is 29.0 Å². The van der Waals surface area contributed by atoms with Gasteiger partial charge in [0, 0.05) is 29.9 Å². The Balaban J connectivity index is 1.68. The monoisotopic (exact) mass is 365 g/mol. The molecular weight excluding hydrogens is 350 g/mol. The summed E-state index contributed by atoms with van der Waals surface area (Å²) in [5.74, 6) is 0. The van der Waals surface area contributed by atoms with E-state index in [9.17, 15) is 0 Å². The number of aliphatic imine (C=N–C) groups is 1. The number of nitrogens with zero attached hydrogens (tertiary/aromatic N) is 3. The minimum Gasteiger partial charge on any atom is -0.342 e. The first kappa shape index (κ1) is 16.2. The number of benzene rings is 2. The van der Waals surface area contributed by atoms with Crippen LogP contribution < -0.4 is 0 Å². The van der Waals surface area contributed by atoms with E-state index in [0.29, 0.717) is 5.02 Å². The first-order chi connectivity index (χ1) is 12.3. The number of hydrogen-bond donors (Lipinski definition) is 0. The molecule has 5 heteroatoms. The summed E-state index contributed by atoms with van der Waals surface area (Å²) in [7, 11) is 0. The van der Waals surface area contributed by atoms with Crippen LogP contribution in [0.15, 0.2) is 82.9 Å². The standard InChI is InChI=1S/C20H16ClN3S/c21-17-8-10-18(11-9-17)23-20-24(13-15-5-2-1-3-6-15)14-16-7-4-12-22-19(16)25-20/h1-12H,13-14H2. The third-order valence-electron chi connectivity index (χ3n) is 3.94. The molecule has 2 aromatic carbocycles. The zero-order chi connectivity index (χ0) is 17.1. The van der Waals surface area contributed by atoms with Crippen molar-refractivity contribution in [2.75, 3.05) is 0 Å². The fourth-order valence-corrected chi connectivity index (χ4v) is 3.79. The number of hydrogen-bond acceptors (Lipinski definition) is 3. The Kier molecular flexibility index (Phi) is 4.72. The van der Waals surface area contributed by atoms with Crippen molar-refractivity contribution in [3.05, 3.63) is 89.1 Å². The minimum absolute atomic E-state index is 0.716. The van der Waals surface area contributed by atoms with Crippen LogP contribution >= 0.6 is 23.4 Å². The van der Waals surface area contributed by atoms with E-state index in [1.165, 1.54) is 11.1 Å². The number of aromatic nitrogens is 1. The van der Waals surface area contributed by atoms with Crippen molar-refractivity contribution in [1.29, 1.82) is 0 Å². The first-order valence-electron chi connectivity index (χ1n) is 8.03. The molecule has 124 valence electrons. The van der Waals surface area contributed by atoms with Crippen LogP contribution in [0.5, 0.6) is 0 Å². The second kappa shape index (κ2) is 7.30. The Morgan fingerprint density at radius 1 is 1.00 bits per heavy atom. The fraction of sp³-hybridized carbons (Fsp3) is 0.100. The van der Waals surface area contributed by atoms with Gasteiger partial charge in [0.15, 0.2) is 5.17 Å². The van der Waals surface area contributed by atoms with Crippen LogP contribution in [-0.2, 0) is 13.1 Å². The largest absolute Gasteiger partial charge is 0.342 e. The maximum absolute atomic E-state index is 5.98. The van der Waals surface area contributed by atoms with Crippen LogP contribution in [0.25, 0.3) is 0 Å². The average molecular weight is 366 g/mol. The van der Waals surface area contributed by atoms with Crippen molar-refractivity contribution >= 4 is 34.2 Å². The second-order valence-electron chi connectivity index (χ2n) is 5.78. The summed E-state index contributed by atoms with van der Waals surface area (Å²) in [6, 6.07) is 22.2. The van der Waals surface area contributed by atoms with Gasteiger partial charge in [0.05, 0.1) is 5.69 Å². The summed E-state index contributed by atoms with van der Waals surface area (Å²) in [6.45, 7) is 1.62. The van der Waals surface area contributed by atoms with Gasteiger partial charge >= 0.3 is 0 Å². The number of thioether (sulfide) groups is 1. The van der Waals surface area contributed by atoms with Crippen LogP contribution in [0, 0.1) is 0 Å². The van der Waals surface area contributed by atoms with E-state index in [2.05, 4.69) is 40.2 Å². The quantitative estimate of drug-likeness (QED) is 0.610. The van der Waals surface area contributed by atoms with Crippen molar-refractivity contribution in [1.82, 2.24) is 9.88 Å². The Morgan fingerprint density at radius 3 is 2.60 bits per heavy atom. The number of amidine groups is 1. The van der Waals surface area contributed by atoms with Gasteiger partial charge in [-0.1, -0.05) is 48.0 Å². The lowest BCUT2D eigenvalue weighted by Crippen LogP contribution is -2.31. The highest BCUT2D eigenvalue weighted by molar-refractivity contribution is 8.13. The van der Waals surface area contributed by atoms with Crippen molar-refractivity contribution in [3.8, 4) is 0 Å². The molecule has 0 amide bonds. The van der Waals surface area contributed by atoms with Gasteiger partial charge < -0.3 is 4.90 Å². The van der Waals surface area contributed by atoms with Crippen molar-refractivity contribution in [3.63, 3.8) is 0 Å². The van der Waals surface area contributed by atoms with Gasteiger partial charge in [0.1, 0.15) is 5.03 Å². The molecule has 0 unspecified atom stereocenters. The van der Waals surface area contributed by atoms with Crippen LogP contribution in [-0.4, -0.2) is 15.1 Å². The third-order valence-corrected chi connectivity index (χ3v) is 5.28. The molecule has 3 aromatic rings. The van der Waals surface area contributed by atoms with Crippen LogP contribution in [0.4, 0.5) is 5.69 Å². The average Bonchev–Trinajstić information content (AvgIpc) is 2.65. The molecule has 0 saturated carbocycles. The molecule has 1 aliphatic rings. The van der Waals surface area contributed by atoms with E-state index in [1.54, 1.807) is 11.8 Å². The van der Waals surface area contributed by atoms with E-state index in [4.69, 9.17) is 16.6 Å². The predicted octanol–water partition coefficient (Wildman–Crippen LogP) is 5.53.